The van der Waals surface area contributed by atoms with Crippen molar-refractivity contribution in [3.05, 3.63) is 11.3 Å². The monoisotopic (exact) mass is 487 g/mol. The molecule has 1 aliphatic carbocycles. The molecule has 2 fully saturated rings. The van der Waals surface area contributed by atoms with E-state index in [2.05, 4.69) is 24.1 Å². The van der Waals surface area contributed by atoms with Crippen LogP contribution in [-0.4, -0.2) is 71.9 Å². The summed E-state index contributed by atoms with van der Waals surface area (Å²) in [5, 5.41) is 3.42. The Morgan fingerprint density at radius 3 is 2.49 bits per heavy atom. The number of aromatic nitrogens is 2. The molecule has 2 aliphatic heterocycles. The van der Waals surface area contributed by atoms with Crippen LogP contribution in [0.1, 0.15) is 71.6 Å². The van der Waals surface area contributed by atoms with Gasteiger partial charge in [-0.2, -0.15) is 4.98 Å². The van der Waals surface area contributed by atoms with Crippen molar-refractivity contribution < 1.29 is 19.1 Å². The van der Waals surface area contributed by atoms with Crippen molar-refractivity contribution in [3.63, 3.8) is 0 Å². The predicted octanol–water partition coefficient (Wildman–Crippen LogP) is 3.80. The van der Waals surface area contributed by atoms with E-state index in [0.29, 0.717) is 31.4 Å². The lowest BCUT2D eigenvalue weighted by Crippen LogP contribution is -2.60. The van der Waals surface area contributed by atoms with Crippen LogP contribution < -0.4 is 10.2 Å². The van der Waals surface area contributed by atoms with Crippen LogP contribution in [0.5, 0.6) is 0 Å². The number of nitrogens with one attached hydrogen (secondary N) is 1. The van der Waals surface area contributed by atoms with Crippen molar-refractivity contribution in [2.75, 3.05) is 43.5 Å². The molecule has 1 spiro atoms. The van der Waals surface area contributed by atoms with E-state index in [1.165, 1.54) is 7.11 Å². The van der Waals surface area contributed by atoms with Gasteiger partial charge in [0.1, 0.15) is 17.5 Å². The highest BCUT2D eigenvalue weighted by atomic mass is 16.6. The number of hydrogen-bond donors (Lipinski definition) is 1. The number of aryl methyl sites for hydroxylation is 1. The highest BCUT2D eigenvalue weighted by Gasteiger charge is 2.51. The summed E-state index contributed by atoms with van der Waals surface area (Å²) >= 11 is 0. The van der Waals surface area contributed by atoms with E-state index < -0.39 is 11.6 Å². The smallest absolute Gasteiger partial charge is 0.410 e. The maximum absolute atomic E-state index is 12.5. The average Bonchev–Trinajstić information content (AvgIpc) is 3.21. The Kier molecular flexibility index (Phi) is 7.16. The van der Waals surface area contributed by atoms with Gasteiger partial charge in [-0.3, -0.25) is 0 Å². The number of fused-ring (bicyclic) bond motifs is 1. The number of ether oxygens (including phenoxy) is 2. The molecule has 4 rings (SSSR count). The third kappa shape index (κ3) is 5.81. The zero-order chi connectivity index (χ0) is 25.4. The number of likely N-dealkylation sites (tertiary alicyclic amines) is 1. The van der Waals surface area contributed by atoms with Crippen molar-refractivity contribution in [3.8, 4) is 0 Å². The van der Waals surface area contributed by atoms with Gasteiger partial charge in [0.15, 0.2) is 0 Å². The van der Waals surface area contributed by atoms with Gasteiger partial charge in [-0.05, 0) is 65.2 Å². The Bertz CT molecular complexity index is 952. The second-order valence-electron chi connectivity index (χ2n) is 11.9. The fourth-order valence-electron chi connectivity index (χ4n) is 5.42. The summed E-state index contributed by atoms with van der Waals surface area (Å²) in [6.07, 6.45) is 5.49. The molecule has 1 aromatic heterocycles. The van der Waals surface area contributed by atoms with Crippen molar-refractivity contribution in [2.24, 2.45) is 11.3 Å². The van der Waals surface area contributed by atoms with Gasteiger partial charge in [-0.15, -0.1) is 0 Å². The van der Waals surface area contributed by atoms with Crippen molar-refractivity contribution in [2.45, 2.75) is 84.8 Å². The summed E-state index contributed by atoms with van der Waals surface area (Å²) < 4.78 is 10.6. The first kappa shape index (κ1) is 25.5. The van der Waals surface area contributed by atoms with E-state index in [1.807, 2.05) is 20.8 Å². The van der Waals surface area contributed by atoms with Crippen LogP contribution in [0.3, 0.4) is 0 Å². The van der Waals surface area contributed by atoms with Crippen LogP contribution in [0.15, 0.2) is 0 Å². The molecule has 1 N–H and O–H groups in total. The van der Waals surface area contributed by atoms with E-state index >= 15 is 0 Å². The zero-order valence-electron chi connectivity index (χ0n) is 22.1. The largest absolute Gasteiger partial charge is 0.467 e. The molecule has 194 valence electrons. The Labute approximate surface area is 209 Å². The van der Waals surface area contributed by atoms with Crippen LogP contribution in [0.4, 0.5) is 16.6 Å². The summed E-state index contributed by atoms with van der Waals surface area (Å²) in [7, 11) is 1.43. The minimum atomic E-state index is -0.487. The third-order valence-electron chi connectivity index (χ3n) is 7.10. The number of rotatable bonds is 6. The molecule has 0 unspecified atom stereocenters. The topological polar surface area (TPSA) is 96.9 Å². The number of esters is 1. The minimum Gasteiger partial charge on any atom is -0.467 e. The first-order chi connectivity index (χ1) is 16.5. The lowest BCUT2D eigenvalue weighted by Gasteiger charge is -2.47. The standard InChI is InChI=1S/C26H41N5O4/c1-17(2)13-20(22(32)34-6)27-21-18-9-7-8-10-19(18)28-23(29-21)30-12-11-26(14-30)15-31(16-26)24(33)35-25(3,4)5/h17,20H,7-16H2,1-6H3,(H,27,28,29)/t20-/m0/s1. The quantitative estimate of drug-likeness (QED) is 0.605. The summed E-state index contributed by atoms with van der Waals surface area (Å²) in [6, 6.07) is -0.437. The van der Waals surface area contributed by atoms with Crippen molar-refractivity contribution in [1.82, 2.24) is 14.9 Å². The molecule has 3 heterocycles. The zero-order valence-corrected chi connectivity index (χ0v) is 22.1. The first-order valence-electron chi connectivity index (χ1n) is 13.0. The van der Waals surface area contributed by atoms with E-state index in [-0.39, 0.29) is 17.5 Å². The molecular formula is C26H41N5O4. The summed E-state index contributed by atoms with van der Waals surface area (Å²) in [4.78, 5) is 38.9. The first-order valence-corrected chi connectivity index (χ1v) is 13.0. The Morgan fingerprint density at radius 2 is 1.83 bits per heavy atom. The molecule has 1 amide bonds. The number of amides is 1. The minimum absolute atomic E-state index is 0.0654. The fraction of sp³-hybridized carbons (Fsp3) is 0.769. The molecule has 0 saturated carbocycles. The molecule has 0 radical (unpaired) electrons. The second-order valence-corrected chi connectivity index (χ2v) is 11.9. The maximum Gasteiger partial charge on any atom is 0.410 e. The Hall–Kier alpha value is -2.58. The number of carbonyl (C=O) groups is 2. The molecule has 1 atom stereocenters. The molecule has 0 bridgehead atoms. The highest BCUT2D eigenvalue weighted by molar-refractivity contribution is 5.79. The van der Waals surface area contributed by atoms with Gasteiger partial charge >= 0.3 is 12.1 Å². The Morgan fingerprint density at radius 1 is 1.11 bits per heavy atom. The summed E-state index contributed by atoms with van der Waals surface area (Å²) in [5.41, 5.74) is 1.79. The molecule has 3 aliphatic rings. The second kappa shape index (κ2) is 9.82. The molecule has 35 heavy (non-hydrogen) atoms. The predicted molar refractivity (Wildman–Crippen MR) is 135 cm³/mol. The number of methoxy groups -OCH3 is 1. The fourth-order valence-corrected chi connectivity index (χ4v) is 5.42. The van der Waals surface area contributed by atoms with E-state index in [1.54, 1.807) is 4.90 Å². The van der Waals surface area contributed by atoms with Crippen molar-refractivity contribution >= 4 is 23.8 Å². The lowest BCUT2D eigenvalue weighted by atomic mass is 9.79. The van der Waals surface area contributed by atoms with Gasteiger partial charge in [0, 0.05) is 37.2 Å². The van der Waals surface area contributed by atoms with Gasteiger partial charge in [-0.1, -0.05) is 13.8 Å². The van der Waals surface area contributed by atoms with Crippen LogP contribution >= 0.6 is 0 Å². The number of nitrogens with zero attached hydrogens (tertiary/aromatic N) is 4. The summed E-state index contributed by atoms with van der Waals surface area (Å²) in [6.45, 7) is 12.9. The Balaban J connectivity index is 1.50. The van der Waals surface area contributed by atoms with E-state index in [4.69, 9.17) is 19.4 Å². The average molecular weight is 488 g/mol. The number of carbonyl (C=O) groups excluding carboxylic acids is 2. The molecule has 9 heteroatoms. The van der Waals surface area contributed by atoms with Gasteiger partial charge in [-0.25, -0.2) is 14.6 Å². The highest BCUT2D eigenvalue weighted by Crippen LogP contribution is 2.41. The van der Waals surface area contributed by atoms with Crippen LogP contribution in [0, 0.1) is 11.3 Å². The third-order valence-corrected chi connectivity index (χ3v) is 7.10. The van der Waals surface area contributed by atoms with E-state index in [0.717, 1.165) is 62.3 Å². The van der Waals surface area contributed by atoms with E-state index in [9.17, 15) is 9.59 Å². The van der Waals surface area contributed by atoms with Crippen LogP contribution in [0.25, 0.3) is 0 Å². The summed E-state index contributed by atoms with van der Waals surface area (Å²) in [5.74, 6) is 1.56. The normalized spacial score (nSPS) is 19.9. The SMILES string of the molecule is COC(=O)[C@H](CC(C)C)Nc1nc(N2CCC3(CN(C(=O)OC(C)(C)C)C3)C2)nc2c1CCCC2. The van der Waals surface area contributed by atoms with Gasteiger partial charge in [0.2, 0.25) is 5.95 Å². The maximum atomic E-state index is 12.5. The van der Waals surface area contributed by atoms with Crippen LogP contribution in [-0.2, 0) is 27.1 Å². The number of hydrogen-bond acceptors (Lipinski definition) is 8. The lowest BCUT2D eigenvalue weighted by molar-refractivity contribution is -0.141. The molecule has 2 saturated heterocycles. The molecule has 0 aromatic carbocycles. The van der Waals surface area contributed by atoms with Gasteiger partial charge in [0.05, 0.1) is 12.8 Å². The van der Waals surface area contributed by atoms with Gasteiger partial charge in [0.25, 0.3) is 0 Å². The van der Waals surface area contributed by atoms with Crippen LogP contribution in [0.2, 0.25) is 0 Å². The van der Waals surface area contributed by atoms with Crippen molar-refractivity contribution in [1.29, 1.82) is 0 Å². The van der Waals surface area contributed by atoms with Gasteiger partial charge < -0.3 is 24.6 Å². The molecule has 9 nitrogen and oxygen atoms in total. The molecule has 1 aromatic rings. The number of anilines is 2. The molecular weight excluding hydrogens is 446 g/mol.